The van der Waals surface area contributed by atoms with E-state index in [9.17, 15) is 14.4 Å². The number of aromatic nitrogens is 3. The number of nitrogens with zero attached hydrogens (tertiary/aromatic N) is 3. The Morgan fingerprint density at radius 1 is 0.942 bits per heavy atom. The normalized spacial score (nSPS) is 15.3. The molecule has 6 rings (SSSR count). The third-order valence-electron chi connectivity index (χ3n) is 8.85. The molecule has 2 aromatic heterocycles. The first-order chi connectivity index (χ1) is 25.3. The quantitative estimate of drug-likeness (QED) is 0.0769. The van der Waals surface area contributed by atoms with Crippen LogP contribution in [-0.2, 0) is 22.7 Å². The van der Waals surface area contributed by atoms with Crippen molar-refractivity contribution < 1.29 is 19.1 Å². The Kier molecular flexibility index (Phi) is 11.6. The highest BCUT2D eigenvalue weighted by atomic mass is 16.6. The van der Waals surface area contributed by atoms with Crippen molar-refractivity contribution >= 4 is 29.1 Å². The first kappa shape index (κ1) is 35.5. The van der Waals surface area contributed by atoms with Gasteiger partial charge in [0.15, 0.2) is 0 Å². The Morgan fingerprint density at radius 3 is 2.33 bits per heavy atom. The Hall–Kier alpha value is -6.35. The number of hydrogen-bond donors (Lipinski definition) is 4. The first-order valence-corrected chi connectivity index (χ1v) is 17.3. The van der Waals surface area contributed by atoms with Gasteiger partial charge in [-0.15, -0.1) is 0 Å². The highest BCUT2D eigenvalue weighted by molar-refractivity contribution is 5.77. The first-order valence-electron chi connectivity index (χ1n) is 17.3. The summed E-state index contributed by atoms with van der Waals surface area (Å²) in [6.07, 6.45) is 4.02. The van der Waals surface area contributed by atoms with Crippen molar-refractivity contribution in [3.05, 3.63) is 130 Å². The standard InChI is InChI=1S/C40H41N7O5/c1-28(41)42-23-21-35-15-8-16-36(47(35)40(50)52-27-30-12-6-3-7-13-30)31-17-19-34(20-18-31)46-25-32-24-33(44-37(32)45-38(46)48)14-9-22-43-39(49)51-26-29-10-4-2-5-11-29/h2-7,10-13,17-20,24-25,35-36H,8,15-16,21-23,26-27H2,1H3,(H2,41,42)(H,43,49)(H,44,45,48)/t35?,36-/m0/s1. The third kappa shape index (κ3) is 9.25. The van der Waals surface area contributed by atoms with E-state index in [0.29, 0.717) is 41.2 Å². The van der Waals surface area contributed by atoms with Crippen LogP contribution in [0, 0.1) is 17.3 Å². The summed E-state index contributed by atoms with van der Waals surface area (Å²) in [6, 6.07) is 28.1. The fourth-order valence-corrected chi connectivity index (χ4v) is 6.32. The van der Waals surface area contributed by atoms with E-state index in [1.54, 1.807) is 19.2 Å². The van der Waals surface area contributed by atoms with Gasteiger partial charge in [0.2, 0.25) is 0 Å². The molecular formula is C40H41N7O5. The maximum Gasteiger partial charge on any atom is 0.410 e. The van der Waals surface area contributed by atoms with E-state index in [4.69, 9.17) is 14.9 Å². The fraction of sp³-hybridized carbons (Fsp3) is 0.275. The zero-order valence-electron chi connectivity index (χ0n) is 28.9. The number of rotatable bonds is 10. The minimum atomic E-state index is -0.565. The zero-order chi connectivity index (χ0) is 36.3. The summed E-state index contributed by atoms with van der Waals surface area (Å²) in [7, 11) is 0. The average molecular weight is 700 g/mol. The van der Waals surface area contributed by atoms with Crippen LogP contribution in [-0.4, -0.2) is 56.6 Å². The highest BCUT2D eigenvalue weighted by Crippen LogP contribution is 2.36. The number of carbonyl (C=O) groups excluding carboxylic acids is 2. The van der Waals surface area contributed by atoms with Gasteiger partial charge in [0.25, 0.3) is 0 Å². The van der Waals surface area contributed by atoms with Crippen molar-refractivity contribution in [1.82, 2.24) is 30.1 Å². The van der Waals surface area contributed by atoms with E-state index in [1.807, 2.05) is 89.8 Å². The van der Waals surface area contributed by atoms with E-state index >= 15 is 0 Å². The van der Waals surface area contributed by atoms with Gasteiger partial charge in [-0.2, -0.15) is 4.98 Å². The predicted octanol–water partition coefficient (Wildman–Crippen LogP) is 6.20. The van der Waals surface area contributed by atoms with Gasteiger partial charge in [0.05, 0.1) is 29.8 Å². The molecule has 1 unspecified atom stereocenters. The zero-order valence-corrected chi connectivity index (χ0v) is 28.9. The number of fused-ring (bicyclic) bond motifs is 1. The van der Waals surface area contributed by atoms with Crippen LogP contribution in [0.2, 0.25) is 0 Å². The predicted molar refractivity (Wildman–Crippen MR) is 198 cm³/mol. The molecule has 0 aliphatic carbocycles. The molecule has 3 aromatic carbocycles. The lowest BCUT2D eigenvalue weighted by Crippen LogP contribution is -2.47. The number of H-pyrrole nitrogens is 1. The number of nitrogens with one attached hydrogen (secondary N) is 4. The molecule has 2 atom stereocenters. The molecule has 1 aliphatic rings. The molecule has 12 nitrogen and oxygen atoms in total. The van der Waals surface area contributed by atoms with Crippen LogP contribution in [0.15, 0.2) is 102 Å². The van der Waals surface area contributed by atoms with Gasteiger partial charge in [0, 0.05) is 24.2 Å². The van der Waals surface area contributed by atoms with Crippen molar-refractivity contribution in [2.75, 3.05) is 13.1 Å². The van der Waals surface area contributed by atoms with E-state index in [2.05, 4.69) is 32.4 Å². The number of amidine groups is 1. The number of likely N-dealkylation sites (tertiary alicyclic amines) is 1. The molecule has 52 heavy (non-hydrogen) atoms. The molecule has 0 bridgehead atoms. The van der Waals surface area contributed by atoms with Crippen LogP contribution in [0.5, 0.6) is 0 Å². The van der Waals surface area contributed by atoms with Crippen LogP contribution in [0.25, 0.3) is 16.7 Å². The largest absolute Gasteiger partial charge is 0.445 e. The van der Waals surface area contributed by atoms with E-state index in [1.165, 1.54) is 4.57 Å². The van der Waals surface area contributed by atoms with Crippen LogP contribution in [0.4, 0.5) is 9.59 Å². The van der Waals surface area contributed by atoms with Crippen molar-refractivity contribution in [1.29, 1.82) is 5.41 Å². The Labute approximate surface area is 301 Å². The monoisotopic (exact) mass is 699 g/mol. The number of carbonyl (C=O) groups is 2. The molecule has 12 heteroatoms. The molecule has 1 saturated heterocycles. The number of piperidine rings is 1. The van der Waals surface area contributed by atoms with Crippen LogP contribution < -0.4 is 16.3 Å². The van der Waals surface area contributed by atoms with E-state index in [-0.39, 0.29) is 37.9 Å². The van der Waals surface area contributed by atoms with Crippen LogP contribution in [0.3, 0.4) is 0 Å². The van der Waals surface area contributed by atoms with Crippen LogP contribution >= 0.6 is 0 Å². The lowest BCUT2D eigenvalue weighted by atomic mass is 9.89. The van der Waals surface area contributed by atoms with Gasteiger partial charge in [-0.3, -0.25) is 14.9 Å². The van der Waals surface area contributed by atoms with Crippen molar-refractivity contribution in [3.8, 4) is 17.5 Å². The number of benzene rings is 3. The summed E-state index contributed by atoms with van der Waals surface area (Å²) in [6.45, 7) is 2.72. The highest BCUT2D eigenvalue weighted by Gasteiger charge is 2.36. The molecule has 3 heterocycles. The minimum Gasteiger partial charge on any atom is -0.445 e. The molecule has 1 fully saturated rings. The average Bonchev–Trinajstić information content (AvgIpc) is 3.56. The lowest BCUT2D eigenvalue weighted by molar-refractivity contribution is 0.0389. The second-order valence-electron chi connectivity index (χ2n) is 12.6. The molecule has 0 spiro atoms. The maximum absolute atomic E-state index is 13.7. The van der Waals surface area contributed by atoms with Crippen molar-refractivity contribution in [2.24, 2.45) is 0 Å². The minimum absolute atomic E-state index is 0.0575. The maximum atomic E-state index is 13.7. The summed E-state index contributed by atoms with van der Waals surface area (Å²) in [4.78, 5) is 47.9. The van der Waals surface area contributed by atoms with Gasteiger partial charge in [0.1, 0.15) is 18.9 Å². The third-order valence-corrected chi connectivity index (χ3v) is 8.85. The Bertz CT molecular complexity index is 2120. The molecule has 1 aliphatic heterocycles. The number of alkyl carbamates (subject to hydrolysis) is 1. The molecule has 5 aromatic rings. The fourth-order valence-electron chi connectivity index (χ4n) is 6.32. The van der Waals surface area contributed by atoms with Crippen LogP contribution in [0.1, 0.15) is 61.0 Å². The van der Waals surface area contributed by atoms with Gasteiger partial charge in [-0.05, 0) is 73.4 Å². The molecule has 4 N–H and O–H groups in total. The van der Waals surface area contributed by atoms with Gasteiger partial charge in [-0.1, -0.05) is 78.7 Å². The molecule has 0 radical (unpaired) electrons. The topological polar surface area (TPSA) is 154 Å². The SMILES string of the molecule is CC(=N)NCCC1CCC[C@@H](c2ccc(-n3cc4cc(C#CCNC(=O)OCc5ccccc5)[nH]c4nc3=O)cc2)N1C(=O)OCc1ccccc1. The molecule has 266 valence electrons. The number of amides is 2. The smallest absolute Gasteiger partial charge is 0.410 e. The number of aromatic amines is 1. The molecular weight excluding hydrogens is 658 g/mol. The van der Waals surface area contributed by atoms with E-state index < -0.39 is 11.8 Å². The van der Waals surface area contributed by atoms with E-state index in [0.717, 1.165) is 36.0 Å². The summed E-state index contributed by atoms with van der Waals surface area (Å²) in [5.74, 6) is 6.22. The van der Waals surface area contributed by atoms with Gasteiger partial charge in [-0.25, -0.2) is 14.4 Å². The summed E-state index contributed by atoms with van der Waals surface area (Å²) in [5, 5.41) is 14.1. The number of ether oxygens (including phenoxy) is 2. The van der Waals surface area contributed by atoms with Crippen molar-refractivity contribution in [3.63, 3.8) is 0 Å². The molecule has 0 saturated carbocycles. The summed E-state index contributed by atoms with van der Waals surface area (Å²) in [5.41, 5.74) is 3.88. The molecule has 2 amide bonds. The van der Waals surface area contributed by atoms with Gasteiger partial charge < -0.3 is 25.1 Å². The van der Waals surface area contributed by atoms with Gasteiger partial charge >= 0.3 is 17.9 Å². The second kappa shape index (κ2) is 17.0. The van der Waals surface area contributed by atoms with Crippen molar-refractivity contribution in [2.45, 2.75) is 57.9 Å². The summed E-state index contributed by atoms with van der Waals surface area (Å²) < 4.78 is 12.5. The number of hydrogen-bond acceptors (Lipinski definition) is 7. The lowest BCUT2D eigenvalue weighted by Gasteiger charge is -2.42. The Morgan fingerprint density at radius 2 is 1.63 bits per heavy atom. The second-order valence-corrected chi connectivity index (χ2v) is 12.6. The Balaban J connectivity index is 1.13. The summed E-state index contributed by atoms with van der Waals surface area (Å²) >= 11 is 0.